The molecule has 0 radical (unpaired) electrons. The number of aromatic carboxylic acids is 1. The highest BCUT2D eigenvalue weighted by molar-refractivity contribution is 7.90. The van der Waals surface area contributed by atoms with Crippen LogP contribution in [-0.4, -0.2) is 24.5 Å². The molecular weight excluding hydrogens is 321 g/mol. The predicted octanol–water partition coefficient (Wildman–Crippen LogP) is 2.55. The first kappa shape index (κ1) is 15.4. The van der Waals surface area contributed by atoms with E-state index in [2.05, 4.69) is 4.98 Å². The third kappa shape index (κ3) is 3.37. The summed E-state index contributed by atoms with van der Waals surface area (Å²) in [6.07, 6.45) is 1.43. The van der Waals surface area contributed by atoms with Gasteiger partial charge in [-0.3, -0.25) is 4.98 Å². The van der Waals surface area contributed by atoms with Gasteiger partial charge in [0.25, 0.3) is 0 Å². The molecule has 0 amide bonds. The van der Waals surface area contributed by atoms with Gasteiger partial charge in [0.05, 0.1) is 26.9 Å². The molecule has 1 N–H and O–H groups in total. The van der Waals surface area contributed by atoms with Crippen LogP contribution in [0.2, 0.25) is 5.02 Å². The first-order valence-corrected chi connectivity index (χ1v) is 7.69. The molecule has 21 heavy (non-hydrogen) atoms. The summed E-state index contributed by atoms with van der Waals surface area (Å²) in [5, 5.41) is 8.29. The summed E-state index contributed by atoms with van der Waals surface area (Å²) in [7, 11) is -3.93. The number of carboxylic acid groups (broad SMARTS) is 1. The van der Waals surface area contributed by atoms with Crippen molar-refractivity contribution < 1.29 is 22.7 Å². The number of carboxylic acids is 1. The Morgan fingerprint density at radius 3 is 2.62 bits per heavy atom. The second-order valence-electron chi connectivity index (χ2n) is 4.15. The van der Waals surface area contributed by atoms with Crippen LogP contribution in [0.15, 0.2) is 41.4 Å². The van der Waals surface area contributed by atoms with Gasteiger partial charge in [-0.05, 0) is 24.3 Å². The molecule has 2 rings (SSSR count). The minimum Gasteiger partial charge on any atom is -0.478 e. The summed E-state index contributed by atoms with van der Waals surface area (Å²) in [4.78, 5) is 14.4. The van der Waals surface area contributed by atoms with Crippen molar-refractivity contribution in [2.75, 3.05) is 0 Å². The van der Waals surface area contributed by atoms with Gasteiger partial charge in [0, 0.05) is 6.20 Å². The van der Waals surface area contributed by atoms with E-state index in [9.17, 15) is 17.6 Å². The fourth-order valence-electron chi connectivity index (χ4n) is 1.66. The van der Waals surface area contributed by atoms with Gasteiger partial charge in [-0.1, -0.05) is 17.7 Å². The highest BCUT2D eigenvalue weighted by atomic mass is 35.5. The lowest BCUT2D eigenvalue weighted by atomic mass is 10.2. The maximum Gasteiger partial charge on any atom is 0.337 e. The lowest BCUT2D eigenvalue weighted by Crippen LogP contribution is -2.09. The van der Waals surface area contributed by atoms with Crippen LogP contribution in [0.25, 0.3) is 0 Å². The van der Waals surface area contributed by atoms with Crippen LogP contribution in [0.1, 0.15) is 16.1 Å². The Labute approximate surface area is 124 Å². The minimum absolute atomic E-state index is 0.268. The second-order valence-corrected chi connectivity index (χ2v) is 6.52. The van der Waals surface area contributed by atoms with Crippen molar-refractivity contribution in [1.82, 2.24) is 4.98 Å². The minimum atomic E-state index is -3.93. The molecule has 0 aliphatic heterocycles. The molecule has 0 atom stereocenters. The van der Waals surface area contributed by atoms with Crippen molar-refractivity contribution in [2.45, 2.75) is 10.6 Å². The Balaban J connectivity index is 2.48. The average Bonchev–Trinajstić information content (AvgIpc) is 2.41. The molecule has 1 aromatic carbocycles. The Hall–Kier alpha value is -1.99. The molecule has 8 heteroatoms. The first-order chi connectivity index (χ1) is 9.81. The van der Waals surface area contributed by atoms with Gasteiger partial charge in [0.1, 0.15) is 5.82 Å². The lowest BCUT2D eigenvalue weighted by Gasteiger charge is -2.07. The summed E-state index contributed by atoms with van der Waals surface area (Å²) in [6.45, 7) is 0. The van der Waals surface area contributed by atoms with Crippen LogP contribution in [0.5, 0.6) is 0 Å². The van der Waals surface area contributed by atoms with Gasteiger partial charge in [0.15, 0.2) is 9.84 Å². The van der Waals surface area contributed by atoms with Crippen molar-refractivity contribution >= 4 is 27.4 Å². The van der Waals surface area contributed by atoms with Crippen LogP contribution < -0.4 is 0 Å². The van der Waals surface area contributed by atoms with Crippen LogP contribution >= 0.6 is 11.6 Å². The maximum atomic E-state index is 13.6. The number of aromatic nitrogens is 1. The number of hydrogen-bond donors (Lipinski definition) is 1. The maximum absolute atomic E-state index is 13.6. The average molecular weight is 330 g/mol. The SMILES string of the molecule is O=C(O)c1cc(S(=O)(=O)Cc2ccccn2)cc(F)c1Cl. The number of rotatable bonds is 4. The van der Waals surface area contributed by atoms with Crippen molar-refractivity contribution in [2.24, 2.45) is 0 Å². The Bertz CT molecular complexity index is 793. The molecule has 0 aliphatic carbocycles. The third-order valence-corrected chi connectivity index (χ3v) is 4.67. The number of hydrogen-bond acceptors (Lipinski definition) is 4. The molecule has 5 nitrogen and oxygen atoms in total. The summed E-state index contributed by atoms with van der Waals surface area (Å²) < 4.78 is 38.0. The molecule has 1 aromatic heterocycles. The van der Waals surface area contributed by atoms with Crippen LogP contribution in [0.3, 0.4) is 0 Å². The van der Waals surface area contributed by atoms with E-state index in [0.717, 1.165) is 6.07 Å². The number of benzene rings is 1. The van der Waals surface area contributed by atoms with E-state index in [1.54, 1.807) is 12.1 Å². The van der Waals surface area contributed by atoms with Crippen molar-refractivity contribution in [3.8, 4) is 0 Å². The van der Waals surface area contributed by atoms with Gasteiger partial charge in [-0.25, -0.2) is 17.6 Å². The van der Waals surface area contributed by atoms with E-state index in [1.807, 2.05) is 0 Å². The molecule has 110 valence electrons. The Kier molecular flexibility index (Phi) is 4.24. The second kappa shape index (κ2) is 5.79. The van der Waals surface area contributed by atoms with Crippen LogP contribution in [-0.2, 0) is 15.6 Å². The topological polar surface area (TPSA) is 84.3 Å². The summed E-state index contributed by atoms with van der Waals surface area (Å²) in [6, 6.07) is 6.28. The molecule has 1 heterocycles. The first-order valence-electron chi connectivity index (χ1n) is 5.66. The van der Waals surface area contributed by atoms with E-state index < -0.39 is 42.9 Å². The predicted molar refractivity (Wildman–Crippen MR) is 73.5 cm³/mol. The highest BCUT2D eigenvalue weighted by Crippen LogP contribution is 2.26. The smallest absolute Gasteiger partial charge is 0.337 e. The Morgan fingerprint density at radius 2 is 2.05 bits per heavy atom. The fraction of sp³-hybridized carbons (Fsp3) is 0.0769. The lowest BCUT2D eigenvalue weighted by molar-refractivity contribution is 0.0696. The van der Waals surface area contributed by atoms with Crippen molar-refractivity contribution in [1.29, 1.82) is 0 Å². The van der Waals surface area contributed by atoms with Gasteiger partial charge in [-0.15, -0.1) is 0 Å². The number of halogens is 2. The molecule has 0 saturated carbocycles. The zero-order valence-corrected chi connectivity index (χ0v) is 12.0. The van der Waals surface area contributed by atoms with E-state index >= 15 is 0 Å². The van der Waals surface area contributed by atoms with E-state index in [1.165, 1.54) is 12.3 Å². The molecule has 0 aliphatic rings. The van der Waals surface area contributed by atoms with Crippen LogP contribution in [0.4, 0.5) is 4.39 Å². The van der Waals surface area contributed by atoms with E-state index in [0.29, 0.717) is 6.07 Å². The highest BCUT2D eigenvalue weighted by Gasteiger charge is 2.22. The number of carbonyl (C=O) groups is 1. The largest absolute Gasteiger partial charge is 0.478 e. The molecular formula is C13H9ClFNO4S. The summed E-state index contributed by atoms with van der Waals surface area (Å²) >= 11 is 5.51. The summed E-state index contributed by atoms with van der Waals surface area (Å²) in [5.74, 6) is -3.07. The fourth-order valence-corrected chi connectivity index (χ4v) is 3.16. The van der Waals surface area contributed by atoms with Gasteiger partial charge in [-0.2, -0.15) is 0 Å². The molecule has 0 bridgehead atoms. The van der Waals surface area contributed by atoms with Crippen molar-refractivity contribution in [3.05, 3.63) is 58.6 Å². The van der Waals surface area contributed by atoms with Crippen LogP contribution in [0, 0.1) is 5.82 Å². The number of sulfone groups is 1. The van der Waals surface area contributed by atoms with Crippen molar-refractivity contribution in [3.63, 3.8) is 0 Å². The zero-order valence-electron chi connectivity index (χ0n) is 10.5. The quantitative estimate of drug-likeness (QED) is 0.931. The van der Waals surface area contributed by atoms with E-state index in [4.69, 9.17) is 16.7 Å². The monoisotopic (exact) mass is 329 g/mol. The summed E-state index contributed by atoms with van der Waals surface area (Å²) in [5.41, 5.74) is -0.332. The van der Waals surface area contributed by atoms with E-state index in [-0.39, 0.29) is 5.69 Å². The normalized spacial score (nSPS) is 11.3. The Morgan fingerprint density at radius 1 is 1.33 bits per heavy atom. The standard InChI is InChI=1S/C13H9ClFNO4S/c14-12-10(13(17)18)5-9(6-11(12)15)21(19,20)7-8-3-1-2-4-16-8/h1-6H,7H2,(H,17,18). The molecule has 0 saturated heterocycles. The number of pyridine rings is 1. The number of nitrogens with zero attached hydrogens (tertiary/aromatic N) is 1. The molecule has 0 fully saturated rings. The van der Waals surface area contributed by atoms with Gasteiger partial charge >= 0.3 is 5.97 Å². The molecule has 0 unspecified atom stereocenters. The third-order valence-electron chi connectivity index (χ3n) is 2.66. The van der Waals surface area contributed by atoms with Gasteiger partial charge < -0.3 is 5.11 Å². The molecule has 2 aromatic rings. The van der Waals surface area contributed by atoms with Gasteiger partial charge in [0.2, 0.25) is 0 Å². The zero-order chi connectivity index (χ0) is 15.6. The molecule has 0 spiro atoms.